The largest absolute Gasteiger partial charge is 2.00 e. The van der Waals surface area contributed by atoms with Gasteiger partial charge in [-0.1, -0.05) is 12.8 Å². The minimum atomic E-state index is 0. The molecule has 0 radical (unpaired) electrons. The number of hydrogen-bond donors (Lipinski definition) is 4. The Morgan fingerprint density at radius 2 is 0.905 bits per heavy atom. The first-order valence-corrected chi connectivity index (χ1v) is 7.35. The monoisotopic (exact) mass is 306 g/mol. The quantitative estimate of drug-likeness (QED) is 0.353. The second-order valence-electron chi connectivity index (χ2n) is 5.40. The van der Waals surface area contributed by atoms with E-state index in [9.17, 15) is 0 Å². The first kappa shape index (κ1) is 19.4. The molecule has 4 N–H and O–H groups in total. The molecule has 0 aromatic heterocycles. The first-order valence-electron chi connectivity index (χ1n) is 7.35. The van der Waals surface area contributed by atoms with E-state index < -0.39 is 0 Å². The highest BCUT2D eigenvalue weighted by atomic mass is 16.6. The van der Waals surface area contributed by atoms with Gasteiger partial charge in [-0.3, -0.25) is 10.4 Å². The smallest absolute Gasteiger partial charge is 0.237 e. The maximum absolute atomic E-state index is 8.90. The van der Waals surface area contributed by atoms with E-state index >= 15 is 0 Å². The zero-order valence-corrected chi connectivity index (χ0v) is 12.2. The van der Waals surface area contributed by atoms with Gasteiger partial charge in [-0.05, 0) is 25.7 Å². The molecule has 0 aliphatic heterocycles. The van der Waals surface area contributed by atoms with Crippen molar-refractivity contribution in [2.45, 2.75) is 76.3 Å². The molecule has 9 heteroatoms. The van der Waals surface area contributed by atoms with Crippen molar-refractivity contribution in [2.75, 3.05) is 0 Å². The summed E-state index contributed by atoms with van der Waals surface area (Å²) in [6.45, 7) is 0. The molecule has 2 aliphatic rings. The summed E-state index contributed by atoms with van der Waals surface area (Å²) in [5, 5.41) is 39.6. The van der Waals surface area contributed by atoms with Crippen LogP contribution < -0.4 is 0 Å². The molecule has 9 nitrogen and oxygen atoms in total. The molecular weight excluding hydrogens is 280 g/mol. The second-order valence-corrected chi connectivity index (χ2v) is 5.40. The van der Waals surface area contributed by atoms with E-state index in [0.29, 0.717) is 9.72 Å². The van der Waals surface area contributed by atoms with Gasteiger partial charge in [0.1, 0.15) is 9.72 Å². The number of rotatable bonds is 2. The molecule has 0 aromatic carbocycles. The molecule has 2 aliphatic carbocycles. The molecule has 2 fully saturated rings. The van der Waals surface area contributed by atoms with Gasteiger partial charge < -0.3 is 15.9 Å². The van der Waals surface area contributed by atoms with Crippen molar-refractivity contribution in [1.82, 2.24) is 0 Å². The first-order chi connectivity index (χ1) is 9.69. The van der Waals surface area contributed by atoms with E-state index in [-0.39, 0.29) is 17.6 Å². The van der Waals surface area contributed by atoms with E-state index in [1.54, 1.807) is 0 Å². The molecule has 2 rings (SSSR count). The highest BCUT2D eigenvalue weighted by molar-refractivity contribution is 4.62. The Morgan fingerprint density at radius 1 is 0.619 bits per heavy atom. The van der Waals surface area contributed by atoms with Crippen LogP contribution in [0.3, 0.4) is 0 Å². The van der Waals surface area contributed by atoms with Crippen LogP contribution in [0.1, 0.15) is 64.2 Å². The fraction of sp³-hybridized carbons (Fsp3) is 1.00. The van der Waals surface area contributed by atoms with Crippen molar-refractivity contribution in [1.29, 1.82) is 0 Å². The maximum Gasteiger partial charge on any atom is 0.237 e. The van der Waals surface area contributed by atoms with Crippen LogP contribution in [0, 0.1) is 0 Å². The topological polar surface area (TPSA) is 140 Å². The lowest BCUT2D eigenvalue weighted by molar-refractivity contribution is -0.860. The van der Waals surface area contributed by atoms with Crippen LogP contribution in [0.4, 0.5) is 0 Å². The third-order valence-electron chi connectivity index (χ3n) is 3.99. The fourth-order valence-electron chi connectivity index (χ4n) is 2.77. The molecule has 21 heavy (non-hydrogen) atoms. The summed E-state index contributed by atoms with van der Waals surface area (Å²) in [7, 11) is 0. The van der Waals surface area contributed by atoms with Crippen molar-refractivity contribution in [3.05, 3.63) is 0 Å². The van der Waals surface area contributed by atoms with Crippen molar-refractivity contribution >= 4 is 0 Å². The zero-order valence-electron chi connectivity index (χ0n) is 12.2. The van der Waals surface area contributed by atoms with Crippen molar-refractivity contribution in [2.24, 2.45) is 10.6 Å². The van der Waals surface area contributed by atoms with Gasteiger partial charge in [0.2, 0.25) is 22.6 Å². The molecule has 0 amide bonds. The second kappa shape index (κ2) is 11.1. The Bertz CT molecular complexity index is 294. The summed E-state index contributed by atoms with van der Waals surface area (Å²) in [4.78, 5) is 1.33. The van der Waals surface area contributed by atoms with Crippen molar-refractivity contribution in [3.63, 3.8) is 0 Å². The maximum atomic E-state index is 8.90. The van der Waals surface area contributed by atoms with Gasteiger partial charge >= 0.3 is 0 Å². The van der Waals surface area contributed by atoms with Gasteiger partial charge in [-0.25, -0.2) is 0 Å². The lowest BCUT2D eigenvalue weighted by Gasteiger charge is -2.11. The van der Waals surface area contributed by atoms with E-state index in [1.165, 1.54) is 12.8 Å². The summed E-state index contributed by atoms with van der Waals surface area (Å²) in [6.07, 6.45) is 10.7. The number of nitrogens with zero attached hydrogens (tertiary/aromatic N) is 4. The third-order valence-corrected chi connectivity index (χ3v) is 3.99. The lowest BCUT2D eigenvalue weighted by atomic mass is 9.96. The highest BCUT2D eigenvalue weighted by Crippen LogP contribution is 2.19. The van der Waals surface area contributed by atoms with Gasteiger partial charge in [0, 0.05) is 25.7 Å². The summed E-state index contributed by atoms with van der Waals surface area (Å²) >= 11 is 0. The highest BCUT2D eigenvalue weighted by Gasteiger charge is 2.26. The van der Waals surface area contributed by atoms with E-state index in [4.69, 9.17) is 20.8 Å². The average Bonchev–Trinajstić information content (AvgIpc) is 2.55. The SMILES string of the molecule is ON=[N+](O)C1CCCCC1.ON=[N+](O)C1CCCCC1.[O-2]. The van der Waals surface area contributed by atoms with Crippen LogP contribution in [0.15, 0.2) is 10.6 Å². The molecule has 124 valence electrons. The van der Waals surface area contributed by atoms with Crippen LogP contribution in [-0.4, -0.2) is 42.6 Å². The molecular formula is C12H26N4O5. The molecule has 0 saturated heterocycles. The summed E-state index contributed by atoms with van der Waals surface area (Å²) < 4.78 is 0. The lowest BCUT2D eigenvalue weighted by Crippen LogP contribution is -2.24. The molecule has 0 heterocycles. The van der Waals surface area contributed by atoms with Crippen LogP contribution in [0.5, 0.6) is 0 Å². The average molecular weight is 306 g/mol. The molecule has 0 atom stereocenters. The van der Waals surface area contributed by atoms with Crippen molar-refractivity contribution in [3.8, 4) is 0 Å². The van der Waals surface area contributed by atoms with Crippen molar-refractivity contribution < 1.29 is 36.0 Å². The Morgan fingerprint density at radius 3 is 1.14 bits per heavy atom. The normalized spacial score (nSPS) is 21.9. The number of hydrogen-bond acceptors (Lipinski definition) is 2. The van der Waals surface area contributed by atoms with Crippen LogP contribution in [-0.2, 0) is 5.48 Å². The zero-order chi connectivity index (χ0) is 14.8. The predicted molar refractivity (Wildman–Crippen MR) is 67.0 cm³/mol. The Labute approximate surface area is 124 Å². The standard InChI is InChI=1S/2C6H12N2O2.O/c2*9-7-8(10)6-4-2-1-3-5-6;/h2*6,10H,1-5H2;/q;;-2/p+2. The van der Waals surface area contributed by atoms with E-state index in [2.05, 4.69) is 10.6 Å². The molecule has 0 spiro atoms. The van der Waals surface area contributed by atoms with E-state index in [1.807, 2.05) is 0 Å². The van der Waals surface area contributed by atoms with Gasteiger partial charge in [0.15, 0.2) is 0 Å². The minimum absolute atomic E-state index is 0. The molecule has 0 unspecified atom stereocenters. The molecule has 0 bridgehead atoms. The van der Waals surface area contributed by atoms with Gasteiger partial charge in [0.05, 0.1) is 0 Å². The number of hydroxylamine groups is 2. The fourth-order valence-corrected chi connectivity index (χ4v) is 2.77. The summed E-state index contributed by atoms with van der Waals surface area (Å²) in [5.74, 6) is 0. The molecule has 0 aromatic rings. The molecule has 2 saturated carbocycles. The summed E-state index contributed by atoms with van der Waals surface area (Å²) in [5.41, 5.74) is 0. The van der Waals surface area contributed by atoms with Gasteiger partial charge in [-0.15, -0.1) is 0 Å². The van der Waals surface area contributed by atoms with E-state index in [0.717, 1.165) is 51.4 Å². The third kappa shape index (κ3) is 7.07. The van der Waals surface area contributed by atoms with Crippen LogP contribution in [0.25, 0.3) is 0 Å². The van der Waals surface area contributed by atoms with Gasteiger partial charge in [-0.2, -0.15) is 0 Å². The van der Waals surface area contributed by atoms with Crippen LogP contribution >= 0.6 is 0 Å². The van der Waals surface area contributed by atoms with Crippen LogP contribution in [0.2, 0.25) is 0 Å². The Hall–Kier alpha value is -1.64. The predicted octanol–water partition coefficient (Wildman–Crippen LogP) is 3.01. The Kier molecular flexibility index (Phi) is 10.2. The minimum Gasteiger partial charge on any atom is -2.00 e. The Balaban J connectivity index is 0.000000364. The van der Waals surface area contributed by atoms with Gasteiger partial charge in [0.25, 0.3) is 0 Å². The summed E-state index contributed by atoms with van der Waals surface area (Å²) in [6, 6.07) is 0.0810.